The highest BCUT2D eigenvalue weighted by Crippen LogP contribution is 2.21. The van der Waals surface area contributed by atoms with Crippen molar-refractivity contribution >= 4 is 33.2 Å². The Morgan fingerprint density at radius 1 is 1.03 bits per heavy atom. The molecule has 2 aromatic rings. The van der Waals surface area contributed by atoms with E-state index in [0.717, 1.165) is 30.6 Å². The molecular weight excluding hydrogens is 412 g/mol. The lowest BCUT2D eigenvalue weighted by Gasteiger charge is -2.19. The summed E-state index contributed by atoms with van der Waals surface area (Å²) >= 11 is 1.53. The molecule has 29 heavy (non-hydrogen) atoms. The van der Waals surface area contributed by atoms with Crippen LogP contribution in [0.15, 0.2) is 46.7 Å². The first-order chi connectivity index (χ1) is 14.0. The van der Waals surface area contributed by atoms with Crippen LogP contribution < -0.4 is 5.32 Å². The number of ether oxygens (including phenoxy) is 1. The molecule has 1 aromatic carbocycles. The Kier molecular flexibility index (Phi) is 7.40. The summed E-state index contributed by atoms with van der Waals surface area (Å²) in [6.45, 7) is 1.04. The molecule has 2 heterocycles. The normalized spacial score (nSPS) is 15.4. The molecule has 1 aliphatic heterocycles. The number of sulfonamides is 1. The highest BCUT2D eigenvalue weighted by atomic mass is 32.2. The highest BCUT2D eigenvalue weighted by Gasteiger charge is 2.25. The quantitative estimate of drug-likeness (QED) is 0.674. The van der Waals surface area contributed by atoms with Gasteiger partial charge in [-0.15, -0.1) is 11.3 Å². The minimum absolute atomic E-state index is 0.157. The van der Waals surface area contributed by atoms with E-state index in [9.17, 15) is 18.0 Å². The van der Waals surface area contributed by atoms with Crippen molar-refractivity contribution in [3.8, 4) is 0 Å². The Hall–Kier alpha value is -2.23. The van der Waals surface area contributed by atoms with Crippen molar-refractivity contribution in [3.05, 3.63) is 52.2 Å². The standard InChI is InChI=1S/C20H24N2O5S2/c23-19(21-14-17-6-5-13-28-17)15-27-20(24)16-7-9-18(10-8-16)29(25,26)22-11-3-1-2-4-12-22/h5-10,13H,1-4,11-12,14-15H2,(H,21,23). The molecule has 1 fully saturated rings. The summed E-state index contributed by atoms with van der Waals surface area (Å²) in [7, 11) is -3.56. The van der Waals surface area contributed by atoms with Gasteiger partial charge in [-0.25, -0.2) is 13.2 Å². The van der Waals surface area contributed by atoms with Gasteiger partial charge in [0.1, 0.15) is 0 Å². The number of nitrogens with zero attached hydrogens (tertiary/aromatic N) is 1. The summed E-state index contributed by atoms with van der Waals surface area (Å²) in [5.74, 6) is -1.07. The molecule has 3 rings (SSSR count). The molecule has 0 bridgehead atoms. The number of amides is 1. The van der Waals surface area contributed by atoms with Crippen LogP contribution in [0.25, 0.3) is 0 Å². The summed E-state index contributed by atoms with van der Waals surface area (Å²) in [5.41, 5.74) is 0.200. The number of esters is 1. The number of rotatable bonds is 7. The monoisotopic (exact) mass is 436 g/mol. The first kappa shape index (κ1) is 21.5. The third-order valence-electron chi connectivity index (χ3n) is 4.67. The van der Waals surface area contributed by atoms with Gasteiger partial charge in [0.25, 0.3) is 5.91 Å². The summed E-state index contributed by atoms with van der Waals surface area (Å²) in [6.07, 6.45) is 3.80. The van der Waals surface area contributed by atoms with Gasteiger partial charge in [-0.1, -0.05) is 18.9 Å². The van der Waals surface area contributed by atoms with E-state index < -0.39 is 28.5 Å². The number of hydrogen-bond donors (Lipinski definition) is 1. The molecule has 0 radical (unpaired) electrons. The van der Waals surface area contributed by atoms with Crippen LogP contribution in [0.4, 0.5) is 0 Å². The van der Waals surface area contributed by atoms with E-state index in [1.165, 1.54) is 39.9 Å². The highest BCUT2D eigenvalue weighted by molar-refractivity contribution is 7.89. The van der Waals surface area contributed by atoms with E-state index in [4.69, 9.17) is 4.74 Å². The van der Waals surface area contributed by atoms with Crippen LogP contribution in [0.3, 0.4) is 0 Å². The van der Waals surface area contributed by atoms with E-state index in [2.05, 4.69) is 5.32 Å². The lowest BCUT2D eigenvalue weighted by atomic mass is 10.2. The maximum Gasteiger partial charge on any atom is 0.338 e. The average molecular weight is 437 g/mol. The number of hydrogen-bond acceptors (Lipinski definition) is 6. The van der Waals surface area contributed by atoms with Crippen LogP contribution >= 0.6 is 11.3 Å². The van der Waals surface area contributed by atoms with Gasteiger partial charge in [-0.2, -0.15) is 4.31 Å². The fourth-order valence-corrected chi connectivity index (χ4v) is 5.22. The number of carbonyl (C=O) groups is 2. The minimum Gasteiger partial charge on any atom is -0.452 e. The van der Waals surface area contributed by atoms with E-state index in [1.54, 1.807) is 0 Å². The Bertz CT molecular complexity index is 916. The molecular formula is C20H24N2O5S2. The number of thiophene rings is 1. The van der Waals surface area contributed by atoms with Crippen molar-refractivity contribution < 1.29 is 22.7 Å². The maximum atomic E-state index is 12.8. The summed E-state index contributed by atoms with van der Waals surface area (Å²) in [4.78, 5) is 25.1. The minimum atomic E-state index is -3.56. The van der Waals surface area contributed by atoms with Gasteiger partial charge in [0, 0.05) is 18.0 Å². The van der Waals surface area contributed by atoms with E-state index in [-0.39, 0.29) is 10.5 Å². The maximum absolute atomic E-state index is 12.8. The Morgan fingerprint density at radius 2 is 1.72 bits per heavy atom. The van der Waals surface area contributed by atoms with Crippen LogP contribution in [0.2, 0.25) is 0 Å². The van der Waals surface area contributed by atoms with Crippen LogP contribution in [0.1, 0.15) is 40.9 Å². The van der Waals surface area contributed by atoms with Crippen molar-refractivity contribution in [3.63, 3.8) is 0 Å². The van der Waals surface area contributed by atoms with Gasteiger partial charge in [0.05, 0.1) is 17.0 Å². The zero-order chi connectivity index (χ0) is 20.7. The molecule has 7 nitrogen and oxygen atoms in total. The fourth-order valence-electron chi connectivity index (χ4n) is 3.06. The Morgan fingerprint density at radius 3 is 2.34 bits per heavy atom. The molecule has 0 unspecified atom stereocenters. The molecule has 1 amide bonds. The van der Waals surface area contributed by atoms with Crippen molar-refractivity contribution in [2.24, 2.45) is 0 Å². The second kappa shape index (κ2) is 10.00. The van der Waals surface area contributed by atoms with E-state index in [1.807, 2.05) is 17.5 Å². The molecule has 1 aliphatic rings. The summed E-state index contributed by atoms with van der Waals surface area (Å²) in [5, 5.41) is 4.59. The van der Waals surface area contributed by atoms with Crippen molar-refractivity contribution in [1.29, 1.82) is 0 Å². The molecule has 0 spiro atoms. The zero-order valence-electron chi connectivity index (χ0n) is 16.0. The molecule has 1 N–H and O–H groups in total. The summed E-state index contributed by atoms with van der Waals surface area (Å²) in [6, 6.07) is 9.44. The van der Waals surface area contributed by atoms with Crippen molar-refractivity contribution in [2.75, 3.05) is 19.7 Å². The number of benzene rings is 1. The largest absolute Gasteiger partial charge is 0.452 e. The van der Waals surface area contributed by atoms with Gasteiger partial charge < -0.3 is 10.1 Å². The van der Waals surface area contributed by atoms with Crippen LogP contribution in [-0.2, 0) is 26.1 Å². The number of carbonyl (C=O) groups excluding carboxylic acids is 2. The second-order valence-corrected chi connectivity index (χ2v) is 9.75. The third-order valence-corrected chi connectivity index (χ3v) is 7.46. The van der Waals surface area contributed by atoms with Gasteiger partial charge in [0.2, 0.25) is 10.0 Å². The Labute approximate surface area is 174 Å². The van der Waals surface area contributed by atoms with Crippen molar-refractivity contribution in [1.82, 2.24) is 9.62 Å². The first-order valence-corrected chi connectivity index (χ1v) is 11.9. The lowest BCUT2D eigenvalue weighted by Crippen LogP contribution is -2.32. The lowest BCUT2D eigenvalue weighted by molar-refractivity contribution is -0.124. The topological polar surface area (TPSA) is 92.8 Å². The molecule has 0 aliphatic carbocycles. The molecule has 1 saturated heterocycles. The molecule has 0 atom stereocenters. The van der Waals surface area contributed by atoms with E-state index >= 15 is 0 Å². The Balaban J connectivity index is 1.53. The summed E-state index contributed by atoms with van der Waals surface area (Å²) < 4.78 is 32.0. The molecule has 9 heteroatoms. The fraction of sp³-hybridized carbons (Fsp3) is 0.400. The number of nitrogens with one attached hydrogen (secondary N) is 1. The molecule has 0 saturated carbocycles. The SMILES string of the molecule is O=C(COC(=O)c1ccc(S(=O)(=O)N2CCCCCC2)cc1)NCc1cccs1. The predicted molar refractivity (Wildman–Crippen MR) is 110 cm³/mol. The predicted octanol–water partition coefficient (Wildman–Crippen LogP) is 2.79. The van der Waals surface area contributed by atoms with Crippen LogP contribution in [0.5, 0.6) is 0 Å². The van der Waals surface area contributed by atoms with Gasteiger partial charge >= 0.3 is 5.97 Å². The van der Waals surface area contributed by atoms with Gasteiger partial charge in [-0.05, 0) is 48.6 Å². The molecule has 1 aromatic heterocycles. The second-order valence-electron chi connectivity index (χ2n) is 6.77. The average Bonchev–Trinajstić information content (AvgIpc) is 3.09. The van der Waals surface area contributed by atoms with Gasteiger partial charge in [-0.3, -0.25) is 4.79 Å². The van der Waals surface area contributed by atoms with Crippen molar-refractivity contribution in [2.45, 2.75) is 37.1 Å². The molecule has 156 valence electrons. The van der Waals surface area contributed by atoms with Crippen LogP contribution in [0, 0.1) is 0 Å². The van der Waals surface area contributed by atoms with Gasteiger partial charge in [0.15, 0.2) is 6.61 Å². The first-order valence-electron chi connectivity index (χ1n) is 9.53. The smallest absolute Gasteiger partial charge is 0.338 e. The zero-order valence-corrected chi connectivity index (χ0v) is 17.6. The third kappa shape index (κ3) is 5.88. The van der Waals surface area contributed by atoms with Crippen LogP contribution in [-0.4, -0.2) is 44.3 Å². The van der Waals surface area contributed by atoms with E-state index in [0.29, 0.717) is 19.6 Å².